The number of nitrogens with zero attached hydrogens (tertiary/aromatic N) is 3. The molecule has 0 radical (unpaired) electrons. The molecule has 3 aromatic heterocycles. The third-order valence-electron chi connectivity index (χ3n) is 3.39. The highest BCUT2D eigenvalue weighted by atomic mass is 16.5. The summed E-state index contributed by atoms with van der Waals surface area (Å²) in [6, 6.07) is 4.08. The Kier molecular flexibility index (Phi) is 3.78. The van der Waals surface area contributed by atoms with E-state index in [0.29, 0.717) is 0 Å². The topological polar surface area (TPSA) is 55.7 Å². The number of rotatable bonds is 6. The highest BCUT2D eigenvalue weighted by molar-refractivity contribution is 5.92. The van der Waals surface area contributed by atoms with Crippen molar-refractivity contribution in [3.8, 4) is 11.1 Å². The van der Waals surface area contributed by atoms with Crippen LogP contribution in [0.5, 0.6) is 0 Å². The van der Waals surface area contributed by atoms with E-state index in [0.717, 1.165) is 42.6 Å². The molecule has 3 heterocycles. The zero-order valence-electron chi connectivity index (χ0n) is 11.5. The van der Waals surface area contributed by atoms with Crippen molar-refractivity contribution in [2.24, 2.45) is 0 Å². The van der Waals surface area contributed by atoms with Crippen LogP contribution >= 0.6 is 0 Å². The molecule has 0 unspecified atom stereocenters. The number of ether oxygens (including phenoxy) is 1. The average molecular weight is 270 g/mol. The minimum Gasteiger partial charge on any atom is -0.385 e. The predicted octanol–water partition coefficient (Wildman–Crippen LogP) is 2.85. The van der Waals surface area contributed by atoms with Crippen LogP contribution in [0, 0.1) is 0 Å². The molecule has 0 aliphatic rings. The molecule has 1 N–H and O–H groups in total. The Morgan fingerprint density at radius 1 is 1.30 bits per heavy atom. The van der Waals surface area contributed by atoms with Crippen molar-refractivity contribution in [2.45, 2.75) is 19.4 Å². The molecule has 0 bridgehead atoms. The standard InChI is InChI=1S/C15H18N4O/c1-20-9-3-2-8-19-11-12(10-18-19)13-4-6-16-15-14(13)5-7-17-15/h4-7,10-11H,2-3,8-9H2,1H3,(H,16,17). The number of H-pyrrole nitrogens is 1. The van der Waals surface area contributed by atoms with Crippen molar-refractivity contribution in [1.82, 2.24) is 19.7 Å². The van der Waals surface area contributed by atoms with E-state index in [1.165, 1.54) is 5.56 Å². The lowest BCUT2D eigenvalue weighted by Gasteiger charge is -2.01. The summed E-state index contributed by atoms with van der Waals surface area (Å²) in [5.41, 5.74) is 3.21. The second-order valence-electron chi connectivity index (χ2n) is 4.79. The summed E-state index contributed by atoms with van der Waals surface area (Å²) in [5, 5.41) is 5.56. The third kappa shape index (κ3) is 2.58. The van der Waals surface area contributed by atoms with Gasteiger partial charge in [-0.2, -0.15) is 5.10 Å². The van der Waals surface area contributed by atoms with Gasteiger partial charge in [0, 0.05) is 49.8 Å². The Balaban J connectivity index is 1.78. The highest BCUT2D eigenvalue weighted by Crippen LogP contribution is 2.26. The van der Waals surface area contributed by atoms with Gasteiger partial charge in [-0.05, 0) is 30.5 Å². The molecule has 0 spiro atoms. The summed E-state index contributed by atoms with van der Waals surface area (Å²) in [5.74, 6) is 0. The molecule has 5 nitrogen and oxygen atoms in total. The van der Waals surface area contributed by atoms with Crippen LogP contribution in [0.1, 0.15) is 12.8 Å². The Bertz CT molecular complexity index is 686. The van der Waals surface area contributed by atoms with E-state index >= 15 is 0 Å². The van der Waals surface area contributed by atoms with Crippen LogP contribution in [0.25, 0.3) is 22.2 Å². The van der Waals surface area contributed by atoms with E-state index in [1.807, 2.05) is 35.4 Å². The average Bonchev–Trinajstić information content (AvgIpc) is 3.12. The van der Waals surface area contributed by atoms with Gasteiger partial charge in [-0.3, -0.25) is 4.68 Å². The quantitative estimate of drug-likeness (QED) is 0.701. The number of hydrogen-bond acceptors (Lipinski definition) is 3. The van der Waals surface area contributed by atoms with Crippen molar-refractivity contribution in [3.63, 3.8) is 0 Å². The second-order valence-corrected chi connectivity index (χ2v) is 4.79. The van der Waals surface area contributed by atoms with E-state index in [9.17, 15) is 0 Å². The summed E-state index contributed by atoms with van der Waals surface area (Å²) in [6.45, 7) is 1.73. The van der Waals surface area contributed by atoms with Crippen LogP contribution in [0.3, 0.4) is 0 Å². The Labute approximate surface area is 117 Å². The van der Waals surface area contributed by atoms with Crippen LogP contribution in [0.4, 0.5) is 0 Å². The summed E-state index contributed by atoms with van der Waals surface area (Å²) in [6.07, 6.45) is 9.88. The predicted molar refractivity (Wildman–Crippen MR) is 78.4 cm³/mol. The number of unbranched alkanes of at least 4 members (excludes halogenated alkanes) is 1. The maximum Gasteiger partial charge on any atom is 0.137 e. The monoisotopic (exact) mass is 270 g/mol. The lowest BCUT2D eigenvalue weighted by Crippen LogP contribution is -1.99. The molecule has 0 aromatic carbocycles. The van der Waals surface area contributed by atoms with Crippen molar-refractivity contribution in [2.75, 3.05) is 13.7 Å². The first-order valence-corrected chi connectivity index (χ1v) is 6.82. The molecule has 0 fully saturated rings. The van der Waals surface area contributed by atoms with E-state index in [4.69, 9.17) is 4.74 Å². The number of aryl methyl sites for hydroxylation is 1. The van der Waals surface area contributed by atoms with E-state index in [1.54, 1.807) is 7.11 Å². The molecule has 0 saturated carbocycles. The highest BCUT2D eigenvalue weighted by Gasteiger charge is 2.07. The van der Waals surface area contributed by atoms with Gasteiger partial charge >= 0.3 is 0 Å². The summed E-state index contributed by atoms with van der Waals surface area (Å²) < 4.78 is 7.04. The first-order valence-electron chi connectivity index (χ1n) is 6.82. The number of fused-ring (bicyclic) bond motifs is 1. The number of hydrogen-bond donors (Lipinski definition) is 1. The zero-order valence-corrected chi connectivity index (χ0v) is 11.5. The first-order chi connectivity index (χ1) is 9.88. The molecule has 0 saturated heterocycles. The fourth-order valence-electron chi connectivity index (χ4n) is 2.36. The minimum atomic E-state index is 0.808. The van der Waals surface area contributed by atoms with Gasteiger partial charge in [-0.15, -0.1) is 0 Å². The summed E-state index contributed by atoms with van der Waals surface area (Å²) >= 11 is 0. The molecule has 20 heavy (non-hydrogen) atoms. The van der Waals surface area contributed by atoms with Crippen molar-refractivity contribution in [1.29, 1.82) is 0 Å². The molecular formula is C15H18N4O. The lowest BCUT2D eigenvalue weighted by atomic mass is 10.1. The van der Waals surface area contributed by atoms with Gasteiger partial charge in [0.05, 0.1) is 6.20 Å². The van der Waals surface area contributed by atoms with Crippen molar-refractivity contribution in [3.05, 3.63) is 36.9 Å². The Hall–Kier alpha value is -2.14. The molecule has 5 heteroatoms. The molecule has 0 amide bonds. The fourth-order valence-corrected chi connectivity index (χ4v) is 2.36. The van der Waals surface area contributed by atoms with Crippen LogP contribution in [-0.4, -0.2) is 33.5 Å². The van der Waals surface area contributed by atoms with E-state index in [-0.39, 0.29) is 0 Å². The first kappa shape index (κ1) is 12.9. The van der Waals surface area contributed by atoms with Crippen molar-refractivity contribution >= 4 is 11.0 Å². The molecule has 0 aliphatic carbocycles. The summed E-state index contributed by atoms with van der Waals surface area (Å²) in [7, 11) is 1.73. The maximum absolute atomic E-state index is 5.05. The molecule has 104 valence electrons. The number of aromatic amines is 1. The van der Waals surface area contributed by atoms with Crippen molar-refractivity contribution < 1.29 is 4.74 Å². The Morgan fingerprint density at radius 2 is 2.25 bits per heavy atom. The molecule has 3 rings (SSSR count). The SMILES string of the molecule is COCCCCn1cc(-c2ccnc3[nH]ccc23)cn1. The number of nitrogens with one attached hydrogen (secondary N) is 1. The van der Waals surface area contributed by atoms with Crippen LogP contribution in [0.2, 0.25) is 0 Å². The molecule has 0 aliphatic heterocycles. The number of pyridine rings is 1. The van der Waals surface area contributed by atoms with Crippen LogP contribution in [0.15, 0.2) is 36.9 Å². The van der Waals surface area contributed by atoms with E-state index in [2.05, 4.69) is 21.3 Å². The maximum atomic E-state index is 5.05. The third-order valence-corrected chi connectivity index (χ3v) is 3.39. The van der Waals surface area contributed by atoms with Gasteiger partial charge in [0.2, 0.25) is 0 Å². The minimum absolute atomic E-state index is 0.808. The van der Waals surface area contributed by atoms with Gasteiger partial charge in [0.1, 0.15) is 5.65 Å². The van der Waals surface area contributed by atoms with Crippen LogP contribution < -0.4 is 0 Å². The summed E-state index contributed by atoms with van der Waals surface area (Å²) in [4.78, 5) is 7.44. The molecule has 3 aromatic rings. The van der Waals surface area contributed by atoms with E-state index < -0.39 is 0 Å². The van der Waals surface area contributed by atoms with Gasteiger partial charge in [0.15, 0.2) is 0 Å². The fraction of sp³-hybridized carbons (Fsp3) is 0.333. The van der Waals surface area contributed by atoms with Crippen LogP contribution in [-0.2, 0) is 11.3 Å². The normalized spacial score (nSPS) is 11.2. The second kappa shape index (κ2) is 5.88. The zero-order chi connectivity index (χ0) is 13.8. The lowest BCUT2D eigenvalue weighted by molar-refractivity contribution is 0.191. The van der Waals surface area contributed by atoms with Gasteiger partial charge in [-0.25, -0.2) is 4.98 Å². The number of methoxy groups -OCH3 is 1. The largest absolute Gasteiger partial charge is 0.385 e. The van der Waals surface area contributed by atoms with Gasteiger partial charge < -0.3 is 9.72 Å². The molecular weight excluding hydrogens is 252 g/mol. The van der Waals surface area contributed by atoms with Gasteiger partial charge in [0.25, 0.3) is 0 Å². The molecule has 0 atom stereocenters. The number of aromatic nitrogens is 4. The van der Waals surface area contributed by atoms with Gasteiger partial charge in [-0.1, -0.05) is 0 Å². The Morgan fingerprint density at radius 3 is 3.15 bits per heavy atom. The smallest absolute Gasteiger partial charge is 0.137 e.